The molecule has 3 aromatic carbocycles. The molecule has 4 aromatic rings. The standard InChI is InChI=1S/C23H19F2N5O4S2/c1-15(28-36(33,34)21-12-6-18(25)7-13-21)22-26-27-23(35-14-16-2-4-17(24)5-3-16)29(22)19-8-10-20(11-9-19)30(31)32/h2-13,15,28H,14H2,1H3. The molecule has 0 bridgehead atoms. The monoisotopic (exact) mass is 531 g/mol. The molecule has 1 atom stereocenters. The number of nitro groups is 1. The molecule has 4 rings (SSSR count). The zero-order valence-electron chi connectivity index (χ0n) is 18.7. The van der Waals surface area contributed by atoms with E-state index in [4.69, 9.17) is 0 Å². The molecule has 0 saturated carbocycles. The lowest BCUT2D eigenvalue weighted by molar-refractivity contribution is -0.384. The van der Waals surface area contributed by atoms with Crippen LogP contribution in [-0.4, -0.2) is 28.1 Å². The van der Waals surface area contributed by atoms with Crippen molar-refractivity contribution >= 4 is 27.5 Å². The summed E-state index contributed by atoms with van der Waals surface area (Å²) in [7, 11) is -4.02. The van der Waals surface area contributed by atoms with Gasteiger partial charge >= 0.3 is 0 Å². The molecule has 0 aliphatic heterocycles. The van der Waals surface area contributed by atoms with Crippen LogP contribution in [0.4, 0.5) is 14.5 Å². The van der Waals surface area contributed by atoms with Gasteiger partial charge in [-0.25, -0.2) is 21.9 Å². The minimum Gasteiger partial charge on any atom is -0.273 e. The average molecular weight is 532 g/mol. The summed E-state index contributed by atoms with van der Waals surface area (Å²) in [5, 5.41) is 19.9. The smallest absolute Gasteiger partial charge is 0.269 e. The number of rotatable bonds is 9. The van der Waals surface area contributed by atoms with Gasteiger partial charge in [-0.15, -0.1) is 10.2 Å². The van der Waals surface area contributed by atoms with Crippen molar-refractivity contribution in [2.75, 3.05) is 0 Å². The van der Waals surface area contributed by atoms with Crippen molar-refractivity contribution in [2.45, 2.75) is 28.8 Å². The maximum atomic E-state index is 13.2. The number of nitrogens with one attached hydrogen (secondary N) is 1. The minimum atomic E-state index is -4.02. The molecule has 1 N–H and O–H groups in total. The van der Waals surface area contributed by atoms with E-state index in [1.807, 2.05) is 0 Å². The molecule has 0 spiro atoms. The molecule has 186 valence electrons. The molecule has 0 saturated heterocycles. The molecule has 1 unspecified atom stereocenters. The highest BCUT2D eigenvalue weighted by molar-refractivity contribution is 7.98. The number of halogens is 2. The van der Waals surface area contributed by atoms with Crippen molar-refractivity contribution in [3.63, 3.8) is 0 Å². The number of non-ortho nitro benzene ring substituents is 1. The van der Waals surface area contributed by atoms with E-state index in [2.05, 4.69) is 14.9 Å². The molecular weight excluding hydrogens is 512 g/mol. The van der Waals surface area contributed by atoms with Gasteiger partial charge in [0.25, 0.3) is 5.69 Å². The summed E-state index contributed by atoms with van der Waals surface area (Å²) in [6.45, 7) is 1.57. The lowest BCUT2D eigenvalue weighted by Crippen LogP contribution is -2.28. The predicted molar refractivity (Wildman–Crippen MR) is 129 cm³/mol. The summed E-state index contributed by atoms with van der Waals surface area (Å²) in [5.41, 5.74) is 1.19. The van der Waals surface area contributed by atoms with Gasteiger partial charge in [0.15, 0.2) is 11.0 Å². The zero-order valence-corrected chi connectivity index (χ0v) is 20.3. The first kappa shape index (κ1) is 25.4. The summed E-state index contributed by atoms with van der Waals surface area (Å²) < 4.78 is 56.3. The third-order valence-electron chi connectivity index (χ3n) is 5.10. The Morgan fingerprint density at radius 2 is 1.56 bits per heavy atom. The van der Waals surface area contributed by atoms with Gasteiger partial charge in [-0.05, 0) is 61.0 Å². The van der Waals surface area contributed by atoms with Gasteiger partial charge in [0.1, 0.15) is 11.6 Å². The van der Waals surface area contributed by atoms with Crippen LogP contribution in [0.5, 0.6) is 0 Å². The number of hydrogen-bond acceptors (Lipinski definition) is 7. The first-order valence-corrected chi connectivity index (χ1v) is 13.0. The highest BCUT2D eigenvalue weighted by Crippen LogP contribution is 2.29. The van der Waals surface area contributed by atoms with Crippen molar-refractivity contribution in [2.24, 2.45) is 0 Å². The Morgan fingerprint density at radius 3 is 2.14 bits per heavy atom. The summed E-state index contributed by atoms with van der Waals surface area (Å²) in [5.74, 6) is -0.276. The van der Waals surface area contributed by atoms with E-state index in [0.29, 0.717) is 16.6 Å². The van der Waals surface area contributed by atoms with E-state index in [-0.39, 0.29) is 22.2 Å². The van der Waals surface area contributed by atoms with Gasteiger partial charge in [-0.1, -0.05) is 23.9 Å². The fourth-order valence-electron chi connectivity index (χ4n) is 3.32. The Balaban J connectivity index is 1.67. The molecular formula is C23H19F2N5O4S2. The fraction of sp³-hybridized carbons (Fsp3) is 0.130. The predicted octanol–water partition coefficient (Wildman–Crippen LogP) is 4.79. The first-order chi connectivity index (χ1) is 17.1. The number of thioether (sulfide) groups is 1. The highest BCUT2D eigenvalue weighted by atomic mass is 32.2. The Bertz CT molecular complexity index is 1480. The number of nitro benzene ring substituents is 1. The van der Waals surface area contributed by atoms with Gasteiger partial charge in [0.05, 0.1) is 15.9 Å². The second-order valence-electron chi connectivity index (χ2n) is 7.66. The molecule has 0 fully saturated rings. The lowest BCUT2D eigenvalue weighted by atomic mass is 10.2. The van der Waals surface area contributed by atoms with Crippen molar-refractivity contribution in [1.82, 2.24) is 19.5 Å². The molecule has 13 heteroatoms. The molecule has 1 aromatic heterocycles. The SMILES string of the molecule is CC(NS(=O)(=O)c1ccc(F)cc1)c1nnc(SCc2ccc(F)cc2)n1-c1ccc([N+](=O)[O-])cc1. The normalized spacial score (nSPS) is 12.4. The molecule has 36 heavy (non-hydrogen) atoms. The van der Waals surface area contributed by atoms with E-state index in [9.17, 15) is 27.3 Å². The summed E-state index contributed by atoms with van der Waals surface area (Å²) in [6.07, 6.45) is 0. The van der Waals surface area contributed by atoms with Gasteiger partial charge in [-0.2, -0.15) is 0 Å². The summed E-state index contributed by atoms with van der Waals surface area (Å²) >= 11 is 1.28. The topological polar surface area (TPSA) is 120 Å². The second kappa shape index (κ2) is 10.5. The van der Waals surface area contributed by atoms with E-state index in [1.165, 1.54) is 48.2 Å². The minimum absolute atomic E-state index is 0.112. The quantitative estimate of drug-likeness (QED) is 0.187. The largest absolute Gasteiger partial charge is 0.273 e. The van der Waals surface area contributed by atoms with Gasteiger partial charge in [0.2, 0.25) is 10.0 Å². The van der Waals surface area contributed by atoms with Crippen LogP contribution >= 0.6 is 11.8 Å². The molecule has 9 nitrogen and oxygen atoms in total. The molecule has 0 aliphatic carbocycles. The van der Waals surface area contributed by atoms with Gasteiger partial charge in [-0.3, -0.25) is 14.7 Å². The van der Waals surface area contributed by atoms with Crippen molar-refractivity contribution in [3.8, 4) is 5.69 Å². The number of aromatic nitrogens is 3. The van der Waals surface area contributed by atoms with Crippen LogP contribution in [0.15, 0.2) is 82.8 Å². The molecule has 0 radical (unpaired) electrons. The van der Waals surface area contributed by atoms with Gasteiger partial charge in [0, 0.05) is 23.6 Å². The molecule has 0 aliphatic rings. The van der Waals surface area contributed by atoms with Crippen LogP contribution in [-0.2, 0) is 15.8 Å². The van der Waals surface area contributed by atoms with E-state index in [0.717, 1.165) is 29.8 Å². The molecule has 1 heterocycles. The maximum Gasteiger partial charge on any atom is 0.269 e. The maximum absolute atomic E-state index is 13.2. The summed E-state index contributed by atoms with van der Waals surface area (Å²) in [4.78, 5) is 10.4. The first-order valence-electron chi connectivity index (χ1n) is 10.5. The van der Waals surface area contributed by atoms with Crippen LogP contribution < -0.4 is 4.72 Å². The van der Waals surface area contributed by atoms with E-state index < -0.39 is 26.8 Å². The zero-order chi connectivity index (χ0) is 25.9. The van der Waals surface area contributed by atoms with Crippen LogP contribution in [0, 0.1) is 21.7 Å². The summed E-state index contributed by atoms with van der Waals surface area (Å²) in [6, 6.07) is 15.1. The Hall–Kier alpha value is -3.68. The average Bonchev–Trinajstić information content (AvgIpc) is 3.28. The number of sulfonamides is 1. The number of nitrogens with zero attached hydrogens (tertiary/aromatic N) is 4. The van der Waals surface area contributed by atoms with Crippen molar-refractivity contribution in [1.29, 1.82) is 0 Å². The highest BCUT2D eigenvalue weighted by Gasteiger charge is 2.25. The fourth-order valence-corrected chi connectivity index (χ4v) is 5.43. The Labute approximate surface area is 209 Å². The van der Waals surface area contributed by atoms with Crippen molar-refractivity contribution < 1.29 is 22.1 Å². The van der Waals surface area contributed by atoms with Crippen LogP contribution in [0.25, 0.3) is 5.69 Å². The van der Waals surface area contributed by atoms with E-state index in [1.54, 1.807) is 23.6 Å². The van der Waals surface area contributed by atoms with Crippen LogP contribution in [0.3, 0.4) is 0 Å². The van der Waals surface area contributed by atoms with Crippen molar-refractivity contribution in [3.05, 3.63) is 106 Å². The number of benzene rings is 3. The lowest BCUT2D eigenvalue weighted by Gasteiger charge is -2.16. The second-order valence-corrected chi connectivity index (χ2v) is 10.3. The third-order valence-corrected chi connectivity index (χ3v) is 7.66. The third kappa shape index (κ3) is 5.75. The Morgan fingerprint density at radius 1 is 0.972 bits per heavy atom. The number of hydrogen-bond donors (Lipinski definition) is 1. The van der Waals surface area contributed by atoms with Crippen LogP contribution in [0.1, 0.15) is 24.4 Å². The Kier molecular flexibility index (Phi) is 7.43. The molecule has 0 amide bonds. The van der Waals surface area contributed by atoms with Gasteiger partial charge < -0.3 is 0 Å². The van der Waals surface area contributed by atoms with E-state index >= 15 is 0 Å². The van der Waals surface area contributed by atoms with Crippen LogP contribution in [0.2, 0.25) is 0 Å².